The van der Waals surface area contributed by atoms with Crippen molar-refractivity contribution in [2.24, 2.45) is 10.9 Å². The van der Waals surface area contributed by atoms with Crippen molar-refractivity contribution >= 4 is 11.6 Å². The van der Waals surface area contributed by atoms with Crippen molar-refractivity contribution in [3.8, 4) is 0 Å². The molecule has 0 spiro atoms. The number of rotatable bonds is 4. The second kappa shape index (κ2) is 6.33. The van der Waals surface area contributed by atoms with E-state index in [2.05, 4.69) is 15.0 Å². The third-order valence-corrected chi connectivity index (χ3v) is 4.73. The molecule has 0 bridgehead atoms. The highest BCUT2D eigenvalue weighted by Crippen LogP contribution is 2.37. The molecule has 2 N–H and O–H groups in total. The van der Waals surface area contributed by atoms with Gasteiger partial charge in [-0.15, -0.1) is 0 Å². The molecule has 136 valence electrons. The van der Waals surface area contributed by atoms with Crippen LogP contribution in [0.25, 0.3) is 0 Å². The predicted molar refractivity (Wildman–Crippen MR) is 88.3 cm³/mol. The highest BCUT2D eigenvalue weighted by Gasteiger charge is 2.43. The molecule has 1 amide bonds. The Bertz CT molecular complexity index is 746. The van der Waals surface area contributed by atoms with E-state index >= 15 is 0 Å². The molecule has 0 aliphatic carbocycles. The van der Waals surface area contributed by atoms with E-state index in [1.165, 1.54) is 13.8 Å². The summed E-state index contributed by atoms with van der Waals surface area (Å²) in [5.41, 5.74) is 0.101. The predicted octanol–water partition coefficient (Wildman–Crippen LogP) is 2.07. The maximum Gasteiger partial charge on any atom is 0.280 e. The van der Waals surface area contributed by atoms with Gasteiger partial charge in [0.25, 0.3) is 12.3 Å². The summed E-state index contributed by atoms with van der Waals surface area (Å²) in [6, 6.07) is 0. The fourth-order valence-electron chi connectivity index (χ4n) is 3.52. The van der Waals surface area contributed by atoms with Crippen molar-refractivity contribution in [2.75, 3.05) is 6.54 Å². The number of hydrogen-bond donors (Lipinski definition) is 2. The third kappa shape index (κ3) is 3.10. The fourth-order valence-corrected chi connectivity index (χ4v) is 3.52. The van der Waals surface area contributed by atoms with Gasteiger partial charge >= 0.3 is 0 Å². The van der Waals surface area contributed by atoms with Gasteiger partial charge in [-0.05, 0) is 20.3 Å². The van der Waals surface area contributed by atoms with Crippen LogP contribution in [0.3, 0.4) is 0 Å². The third-order valence-electron chi connectivity index (χ3n) is 4.73. The Hall–Kier alpha value is -2.09. The van der Waals surface area contributed by atoms with Gasteiger partial charge in [0.2, 0.25) is 0 Å². The van der Waals surface area contributed by atoms with Crippen molar-refractivity contribution in [1.82, 2.24) is 14.9 Å². The van der Waals surface area contributed by atoms with E-state index in [9.17, 15) is 18.7 Å². The Morgan fingerprint density at radius 1 is 1.52 bits per heavy atom. The summed E-state index contributed by atoms with van der Waals surface area (Å²) < 4.78 is 27.1. The largest absolute Gasteiger partial charge is 0.384 e. The van der Waals surface area contributed by atoms with Crippen LogP contribution in [0.2, 0.25) is 0 Å². The van der Waals surface area contributed by atoms with Gasteiger partial charge in [-0.25, -0.2) is 13.8 Å². The monoisotopic (exact) mass is 352 g/mol. The van der Waals surface area contributed by atoms with E-state index in [4.69, 9.17) is 0 Å². The van der Waals surface area contributed by atoms with Crippen LogP contribution in [-0.2, 0) is 17.8 Å². The van der Waals surface area contributed by atoms with Gasteiger partial charge in [-0.3, -0.25) is 9.79 Å². The summed E-state index contributed by atoms with van der Waals surface area (Å²) in [6.07, 6.45) is -0.288. The number of imidazole rings is 1. The first kappa shape index (κ1) is 17.7. The molecule has 3 heterocycles. The Kier molecular flexibility index (Phi) is 4.49. The Balaban J connectivity index is 1.94. The van der Waals surface area contributed by atoms with Crippen LogP contribution in [0.1, 0.15) is 38.6 Å². The normalized spacial score (nSPS) is 21.0. The molecule has 25 heavy (non-hydrogen) atoms. The molecule has 0 fully saturated rings. The zero-order valence-electron chi connectivity index (χ0n) is 14.5. The van der Waals surface area contributed by atoms with Gasteiger partial charge in [0.15, 0.2) is 0 Å². The van der Waals surface area contributed by atoms with Gasteiger partial charge in [0.1, 0.15) is 5.70 Å². The van der Waals surface area contributed by atoms with Crippen LogP contribution in [0, 0.1) is 5.92 Å². The lowest BCUT2D eigenvalue weighted by Gasteiger charge is -2.30. The molecule has 6 nitrogen and oxygen atoms in total. The Morgan fingerprint density at radius 2 is 2.24 bits per heavy atom. The molecular formula is C17H22F2N4O2. The van der Waals surface area contributed by atoms with Crippen LogP contribution in [0.15, 0.2) is 22.6 Å². The number of aromatic amines is 1. The second-order valence-electron chi connectivity index (χ2n) is 6.92. The summed E-state index contributed by atoms with van der Waals surface area (Å²) in [4.78, 5) is 25.7. The molecule has 2 aliphatic heterocycles. The molecule has 0 radical (unpaired) electrons. The minimum absolute atomic E-state index is 0.0117. The van der Waals surface area contributed by atoms with Crippen molar-refractivity contribution < 1.29 is 18.7 Å². The van der Waals surface area contributed by atoms with E-state index in [1.54, 1.807) is 18.2 Å². The first-order valence-corrected chi connectivity index (χ1v) is 8.38. The molecule has 8 heteroatoms. The maximum atomic E-state index is 13.5. The van der Waals surface area contributed by atoms with Crippen LogP contribution in [0.4, 0.5) is 8.78 Å². The number of aliphatic imine (C=N–C) groups is 1. The number of carbonyl (C=O) groups excluding carboxylic acids is 1. The van der Waals surface area contributed by atoms with Gasteiger partial charge in [-0.1, -0.05) is 6.92 Å². The second-order valence-corrected chi connectivity index (χ2v) is 6.92. The molecule has 1 unspecified atom stereocenters. The quantitative estimate of drug-likeness (QED) is 0.870. The summed E-state index contributed by atoms with van der Waals surface area (Å²) in [5.74, 6) is -1.04. The average Bonchev–Trinajstić information content (AvgIpc) is 3.16. The number of halogens is 2. The minimum atomic E-state index is -2.86. The highest BCUT2D eigenvalue weighted by atomic mass is 19.3. The lowest BCUT2D eigenvalue weighted by Crippen LogP contribution is -2.41. The van der Waals surface area contributed by atoms with Crippen molar-refractivity contribution in [1.29, 1.82) is 0 Å². The molecule has 3 rings (SSSR count). The average molecular weight is 352 g/mol. The van der Waals surface area contributed by atoms with Crippen LogP contribution in [0.5, 0.6) is 0 Å². The number of fused-ring (bicyclic) bond motifs is 1. The summed E-state index contributed by atoms with van der Waals surface area (Å²) >= 11 is 0. The number of nitrogens with one attached hydrogen (secondary N) is 1. The first-order chi connectivity index (χ1) is 11.7. The van der Waals surface area contributed by atoms with E-state index in [0.717, 1.165) is 11.4 Å². The van der Waals surface area contributed by atoms with Crippen LogP contribution >= 0.6 is 0 Å². The number of aromatic nitrogens is 2. The van der Waals surface area contributed by atoms with Crippen LogP contribution in [-0.4, -0.2) is 50.2 Å². The molecular weight excluding hydrogens is 330 g/mol. The fraction of sp³-hybridized carbons (Fsp3) is 0.588. The van der Waals surface area contributed by atoms with Gasteiger partial charge in [0, 0.05) is 18.9 Å². The molecule has 1 atom stereocenters. The Morgan fingerprint density at radius 3 is 2.84 bits per heavy atom. The number of alkyl halides is 2. The number of nitrogens with zero attached hydrogens (tertiary/aromatic N) is 3. The number of hydrogen-bond acceptors (Lipinski definition) is 4. The van der Waals surface area contributed by atoms with E-state index in [0.29, 0.717) is 25.9 Å². The summed E-state index contributed by atoms with van der Waals surface area (Å²) in [7, 11) is 0. The van der Waals surface area contributed by atoms with Gasteiger partial charge < -0.3 is 15.0 Å². The molecule has 1 aromatic rings. The van der Waals surface area contributed by atoms with Crippen molar-refractivity contribution in [3.05, 3.63) is 29.0 Å². The topological polar surface area (TPSA) is 81.6 Å². The van der Waals surface area contributed by atoms with Crippen LogP contribution < -0.4 is 0 Å². The maximum absolute atomic E-state index is 13.5. The standard InChI is InChI=1S/C17H22F2N4O2/c1-4-9-12(13(15(18)19)22-14(9)17(2,3)25)16(24)23-6-5-10-11(7-23)21-8-20-10/h8-9,15,25H,4-7H2,1-3H3,(H,20,21). The van der Waals surface area contributed by atoms with E-state index in [-0.39, 0.29) is 11.3 Å². The van der Waals surface area contributed by atoms with Crippen molar-refractivity contribution in [3.63, 3.8) is 0 Å². The summed E-state index contributed by atoms with van der Waals surface area (Å²) in [5, 5.41) is 10.3. The lowest BCUT2D eigenvalue weighted by atomic mass is 9.84. The molecule has 2 aliphatic rings. The highest BCUT2D eigenvalue weighted by molar-refractivity contribution is 6.08. The van der Waals surface area contributed by atoms with Crippen molar-refractivity contribution in [2.45, 2.75) is 52.2 Å². The number of aliphatic hydroxyl groups is 1. The first-order valence-electron chi connectivity index (χ1n) is 8.38. The smallest absolute Gasteiger partial charge is 0.280 e. The number of carbonyl (C=O) groups is 1. The van der Waals surface area contributed by atoms with E-state index in [1.807, 2.05) is 0 Å². The molecule has 0 aromatic carbocycles. The number of allylic oxidation sites excluding steroid dienone is 1. The SMILES string of the molecule is CCC1C(C(C)(C)O)=NC(C(F)F)=C1C(=O)N1CCc2nc[nH]c2C1. The number of H-pyrrole nitrogens is 1. The zero-order chi connectivity index (χ0) is 18.4. The Labute approximate surface area is 144 Å². The molecule has 1 aromatic heterocycles. The molecule has 0 saturated heterocycles. The van der Waals surface area contributed by atoms with E-state index < -0.39 is 29.5 Å². The van der Waals surface area contributed by atoms with Gasteiger partial charge in [-0.2, -0.15) is 0 Å². The minimum Gasteiger partial charge on any atom is -0.384 e. The van der Waals surface area contributed by atoms with Gasteiger partial charge in [0.05, 0.1) is 41.1 Å². The lowest BCUT2D eigenvalue weighted by molar-refractivity contribution is -0.128. The summed E-state index contributed by atoms with van der Waals surface area (Å²) in [6.45, 7) is 5.54. The number of amides is 1. The zero-order valence-corrected chi connectivity index (χ0v) is 14.5. The molecule has 0 saturated carbocycles.